The van der Waals surface area contributed by atoms with Gasteiger partial charge in [-0.25, -0.2) is 0 Å². The van der Waals surface area contributed by atoms with E-state index < -0.39 is 6.04 Å². The van der Waals surface area contributed by atoms with Crippen LogP contribution in [0.1, 0.15) is 38.4 Å². The molecule has 2 N–H and O–H groups in total. The number of aryl methyl sites for hydroxylation is 1. The average Bonchev–Trinajstić information content (AvgIpc) is 2.81. The Morgan fingerprint density at radius 2 is 2.41 bits per heavy atom. The molecule has 1 rings (SSSR count). The van der Waals surface area contributed by atoms with E-state index in [4.69, 9.17) is 10.4 Å². The van der Waals surface area contributed by atoms with Crippen molar-refractivity contribution in [2.45, 2.75) is 45.3 Å². The van der Waals surface area contributed by atoms with E-state index in [0.29, 0.717) is 18.7 Å². The van der Waals surface area contributed by atoms with Crippen LogP contribution in [-0.2, 0) is 6.54 Å². The van der Waals surface area contributed by atoms with Crippen molar-refractivity contribution in [1.29, 1.82) is 5.26 Å². The lowest BCUT2D eigenvalue weighted by Gasteiger charge is -2.14. The fourth-order valence-electron chi connectivity index (χ4n) is 1.38. The van der Waals surface area contributed by atoms with Crippen molar-refractivity contribution in [3.63, 3.8) is 0 Å². The van der Waals surface area contributed by atoms with Crippen LogP contribution in [0, 0.1) is 11.3 Å². The van der Waals surface area contributed by atoms with E-state index in [-0.39, 0.29) is 12.6 Å². The van der Waals surface area contributed by atoms with Crippen molar-refractivity contribution in [2.24, 2.45) is 0 Å². The van der Waals surface area contributed by atoms with Crippen molar-refractivity contribution < 1.29 is 5.11 Å². The number of nitriles is 1. The molecule has 0 aliphatic heterocycles. The molecule has 0 aromatic carbocycles. The topological polar surface area (TPSA) is 86.8 Å². The highest BCUT2D eigenvalue weighted by Crippen LogP contribution is 2.09. The number of aromatic nitrogens is 3. The zero-order valence-corrected chi connectivity index (χ0v) is 10.3. The van der Waals surface area contributed by atoms with Crippen molar-refractivity contribution >= 4 is 0 Å². The first kappa shape index (κ1) is 13.6. The van der Waals surface area contributed by atoms with Crippen LogP contribution in [0.4, 0.5) is 0 Å². The number of hydrogen-bond acceptors (Lipinski definition) is 5. The maximum absolute atomic E-state index is 9.08. The molecule has 0 fully saturated rings. The van der Waals surface area contributed by atoms with Gasteiger partial charge in [0.1, 0.15) is 11.7 Å². The van der Waals surface area contributed by atoms with E-state index in [9.17, 15) is 0 Å². The maximum atomic E-state index is 9.08. The second-order valence-corrected chi connectivity index (χ2v) is 4.02. The molecule has 0 saturated carbocycles. The first-order valence-electron chi connectivity index (χ1n) is 5.87. The Balaban J connectivity index is 2.63. The van der Waals surface area contributed by atoms with E-state index in [2.05, 4.69) is 28.6 Å². The Kier molecular flexibility index (Phi) is 5.60. The summed E-state index contributed by atoms with van der Waals surface area (Å²) in [5.74, 6) is 0. The van der Waals surface area contributed by atoms with Gasteiger partial charge in [-0.05, 0) is 19.8 Å². The van der Waals surface area contributed by atoms with Crippen LogP contribution >= 0.6 is 0 Å². The van der Waals surface area contributed by atoms with Crippen LogP contribution in [0.2, 0.25) is 0 Å². The zero-order valence-electron chi connectivity index (χ0n) is 10.3. The fourth-order valence-corrected chi connectivity index (χ4v) is 1.38. The molecule has 17 heavy (non-hydrogen) atoms. The zero-order chi connectivity index (χ0) is 12.7. The number of nitrogens with zero attached hydrogens (tertiary/aromatic N) is 4. The molecule has 0 aliphatic carbocycles. The molecule has 2 unspecified atom stereocenters. The predicted octanol–water partition coefficient (Wildman–Crippen LogP) is 0.613. The molecule has 0 radical (unpaired) electrons. The highest BCUT2D eigenvalue weighted by Gasteiger charge is 2.16. The van der Waals surface area contributed by atoms with E-state index in [1.54, 1.807) is 10.9 Å². The molecular weight excluding hydrogens is 218 g/mol. The Bertz CT molecular complexity index is 370. The van der Waals surface area contributed by atoms with Crippen LogP contribution < -0.4 is 5.32 Å². The summed E-state index contributed by atoms with van der Waals surface area (Å²) in [7, 11) is 0. The molecule has 1 aromatic heterocycles. The van der Waals surface area contributed by atoms with Gasteiger partial charge < -0.3 is 5.11 Å². The van der Waals surface area contributed by atoms with Crippen LogP contribution in [0.3, 0.4) is 0 Å². The lowest BCUT2D eigenvalue weighted by molar-refractivity contribution is 0.276. The second-order valence-electron chi connectivity index (χ2n) is 4.02. The Morgan fingerprint density at radius 1 is 1.65 bits per heavy atom. The predicted molar refractivity (Wildman–Crippen MR) is 63.0 cm³/mol. The summed E-state index contributed by atoms with van der Waals surface area (Å²) in [4.78, 5) is 0. The van der Waals surface area contributed by atoms with E-state index >= 15 is 0 Å². The summed E-state index contributed by atoms with van der Waals surface area (Å²) in [6.07, 6.45) is 3.34. The van der Waals surface area contributed by atoms with E-state index in [0.717, 1.165) is 6.42 Å². The minimum absolute atomic E-state index is 0.127. The van der Waals surface area contributed by atoms with E-state index in [1.807, 2.05) is 6.92 Å². The van der Waals surface area contributed by atoms with Gasteiger partial charge in [-0.3, -0.25) is 10.00 Å². The van der Waals surface area contributed by atoms with Gasteiger partial charge in [0.25, 0.3) is 0 Å². The van der Waals surface area contributed by atoms with Gasteiger partial charge in [0, 0.05) is 19.2 Å². The lowest BCUT2D eigenvalue weighted by atomic mass is 10.2. The SMILES string of the molecule is CCC(C)NC(C#N)c1cn(CCCO)nn1. The molecular formula is C11H19N5O. The Hall–Kier alpha value is -1.45. The standard InChI is InChI=1S/C11H19N5O/c1-3-9(2)13-10(7-12)11-8-16(15-14-11)5-4-6-17/h8-10,13,17H,3-6H2,1-2H3. The first-order valence-corrected chi connectivity index (χ1v) is 5.87. The van der Waals surface area contributed by atoms with Gasteiger partial charge in [0.05, 0.1) is 12.3 Å². The first-order chi connectivity index (χ1) is 8.21. The quantitative estimate of drug-likeness (QED) is 0.725. The lowest BCUT2D eigenvalue weighted by Crippen LogP contribution is -2.29. The van der Waals surface area contributed by atoms with Crippen LogP contribution in [0.25, 0.3) is 0 Å². The number of aliphatic hydroxyl groups is 1. The molecule has 1 heterocycles. The third-order valence-corrected chi connectivity index (χ3v) is 2.59. The largest absolute Gasteiger partial charge is 0.396 e. The number of hydrogen-bond donors (Lipinski definition) is 2. The minimum atomic E-state index is -0.423. The Morgan fingerprint density at radius 3 is 3.00 bits per heavy atom. The van der Waals surface area contributed by atoms with Crippen LogP contribution in [0.5, 0.6) is 0 Å². The van der Waals surface area contributed by atoms with Gasteiger partial charge >= 0.3 is 0 Å². The van der Waals surface area contributed by atoms with Crippen molar-refractivity contribution in [1.82, 2.24) is 20.3 Å². The summed E-state index contributed by atoms with van der Waals surface area (Å²) in [5.41, 5.74) is 0.630. The monoisotopic (exact) mass is 237 g/mol. The molecule has 0 amide bonds. The molecule has 0 saturated heterocycles. The maximum Gasteiger partial charge on any atom is 0.142 e. The highest BCUT2D eigenvalue weighted by molar-refractivity contribution is 5.11. The van der Waals surface area contributed by atoms with Crippen LogP contribution in [-0.4, -0.2) is 32.7 Å². The average molecular weight is 237 g/mol. The van der Waals surface area contributed by atoms with Gasteiger partial charge in [-0.15, -0.1) is 5.10 Å². The molecule has 6 heteroatoms. The molecule has 0 aliphatic rings. The molecule has 1 aromatic rings. The van der Waals surface area contributed by atoms with Gasteiger partial charge in [-0.1, -0.05) is 12.1 Å². The summed E-state index contributed by atoms with van der Waals surface area (Å²) in [6.45, 7) is 4.83. The summed E-state index contributed by atoms with van der Waals surface area (Å²) in [5, 5.41) is 28.9. The number of nitrogens with one attached hydrogen (secondary N) is 1. The number of aliphatic hydroxyl groups excluding tert-OH is 1. The van der Waals surface area contributed by atoms with Gasteiger partial charge in [0.2, 0.25) is 0 Å². The van der Waals surface area contributed by atoms with Crippen molar-refractivity contribution in [3.05, 3.63) is 11.9 Å². The second kappa shape index (κ2) is 6.99. The Labute approximate surface area is 101 Å². The van der Waals surface area contributed by atoms with Gasteiger partial charge in [-0.2, -0.15) is 5.26 Å². The summed E-state index contributed by atoms with van der Waals surface area (Å²) < 4.78 is 1.65. The van der Waals surface area contributed by atoms with Crippen molar-refractivity contribution in [2.75, 3.05) is 6.61 Å². The van der Waals surface area contributed by atoms with E-state index in [1.165, 1.54) is 0 Å². The highest BCUT2D eigenvalue weighted by atomic mass is 16.3. The third kappa shape index (κ3) is 4.13. The normalized spacial score (nSPS) is 14.2. The minimum Gasteiger partial charge on any atom is -0.396 e. The summed E-state index contributed by atoms with van der Waals surface area (Å²) >= 11 is 0. The van der Waals surface area contributed by atoms with Gasteiger partial charge in [0.15, 0.2) is 0 Å². The molecule has 2 atom stereocenters. The molecule has 6 nitrogen and oxygen atoms in total. The van der Waals surface area contributed by atoms with Crippen LogP contribution in [0.15, 0.2) is 6.20 Å². The molecule has 0 spiro atoms. The molecule has 0 bridgehead atoms. The van der Waals surface area contributed by atoms with Crippen molar-refractivity contribution in [3.8, 4) is 6.07 Å². The molecule has 94 valence electrons. The third-order valence-electron chi connectivity index (χ3n) is 2.59. The summed E-state index contributed by atoms with van der Waals surface area (Å²) in [6, 6.07) is 2.02. The number of rotatable bonds is 7. The fraction of sp³-hybridized carbons (Fsp3) is 0.727. The smallest absolute Gasteiger partial charge is 0.142 e.